The second-order valence-corrected chi connectivity index (χ2v) is 4.02. The molecular formula is C11H17N3O. The van der Waals surface area contributed by atoms with Crippen molar-refractivity contribution < 1.29 is 4.74 Å². The first-order valence-corrected chi connectivity index (χ1v) is 5.28. The molecule has 82 valence electrons. The van der Waals surface area contributed by atoms with Gasteiger partial charge in [0.2, 0.25) is 5.88 Å². The topological polar surface area (TPSA) is 60.2 Å². The molecule has 0 radical (unpaired) electrons. The molecule has 15 heavy (non-hydrogen) atoms. The van der Waals surface area contributed by atoms with E-state index in [0.717, 1.165) is 12.3 Å². The lowest BCUT2D eigenvalue weighted by Crippen LogP contribution is -2.38. The molecular weight excluding hydrogens is 190 g/mol. The lowest BCUT2D eigenvalue weighted by Gasteiger charge is -2.14. The number of ether oxygens (including phenoxy) is 1. The summed E-state index contributed by atoms with van der Waals surface area (Å²) in [4.78, 5) is 4.17. The van der Waals surface area contributed by atoms with E-state index in [0.29, 0.717) is 11.9 Å². The van der Waals surface area contributed by atoms with Crippen molar-refractivity contribution in [1.29, 1.82) is 0 Å². The summed E-state index contributed by atoms with van der Waals surface area (Å²) in [6.07, 6.45) is 5.38. The summed E-state index contributed by atoms with van der Waals surface area (Å²) in [5.74, 6) is 6.92. The number of hydrogen-bond acceptors (Lipinski definition) is 4. The van der Waals surface area contributed by atoms with Crippen LogP contribution in [0, 0.1) is 5.92 Å². The van der Waals surface area contributed by atoms with Crippen LogP contribution in [0.1, 0.15) is 18.4 Å². The maximum absolute atomic E-state index is 5.52. The van der Waals surface area contributed by atoms with Crippen molar-refractivity contribution in [3.05, 3.63) is 23.9 Å². The maximum Gasteiger partial charge on any atom is 0.212 e. The maximum atomic E-state index is 5.52. The van der Waals surface area contributed by atoms with Crippen LogP contribution in [-0.2, 0) is 6.42 Å². The minimum Gasteiger partial charge on any atom is -0.481 e. The zero-order valence-corrected chi connectivity index (χ0v) is 8.94. The second kappa shape index (κ2) is 4.59. The van der Waals surface area contributed by atoms with E-state index in [9.17, 15) is 0 Å². The normalized spacial score (nSPS) is 17.5. The van der Waals surface area contributed by atoms with Gasteiger partial charge in [0.1, 0.15) is 0 Å². The number of hydrazine groups is 1. The Bertz CT molecular complexity index is 308. The van der Waals surface area contributed by atoms with Gasteiger partial charge in [-0.25, -0.2) is 4.98 Å². The minimum atomic E-state index is 0.389. The summed E-state index contributed by atoms with van der Waals surface area (Å²) in [7, 11) is 1.62. The zero-order chi connectivity index (χ0) is 10.7. The van der Waals surface area contributed by atoms with Gasteiger partial charge in [0.05, 0.1) is 7.11 Å². The predicted octanol–water partition coefficient (Wildman–Crippen LogP) is 0.875. The highest BCUT2D eigenvalue weighted by Gasteiger charge is 2.30. The van der Waals surface area contributed by atoms with E-state index in [2.05, 4.69) is 10.4 Å². The first-order chi connectivity index (χ1) is 7.33. The van der Waals surface area contributed by atoms with Gasteiger partial charge >= 0.3 is 0 Å². The molecule has 1 atom stereocenters. The minimum absolute atomic E-state index is 0.389. The van der Waals surface area contributed by atoms with Crippen LogP contribution >= 0.6 is 0 Å². The molecule has 3 N–H and O–H groups in total. The molecule has 2 rings (SSSR count). The fourth-order valence-corrected chi connectivity index (χ4v) is 1.77. The highest BCUT2D eigenvalue weighted by molar-refractivity contribution is 5.19. The number of nitrogens with zero attached hydrogens (tertiary/aromatic N) is 1. The van der Waals surface area contributed by atoms with E-state index in [4.69, 9.17) is 10.6 Å². The molecule has 0 amide bonds. The average molecular weight is 207 g/mol. The fourth-order valence-electron chi connectivity index (χ4n) is 1.77. The number of rotatable bonds is 5. The van der Waals surface area contributed by atoms with Crippen molar-refractivity contribution in [2.45, 2.75) is 25.3 Å². The van der Waals surface area contributed by atoms with Crippen LogP contribution in [0.5, 0.6) is 5.88 Å². The molecule has 1 aromatic heterocycles. The summed E-state index contributed by atoms with van der Waals surface area (Å²) in [6, 6.07) is 4.31. The van der Waals surface area contributed by atoms with E-state index in [1.54, 1.807) is 7.11 Å². The van der Waals surface area contributed by atoms with Gasteiger partial charge in [0.25, 0.3) is 0 Å². The number of nitrogens with one attached hydrogen (secondary N) is 1. The van der Waals surface area contributed by atoms with E-state index >= 15 is 0 Å². The highest BCUT2D eigenvalue weighted by Crippen LogP contribution is 2.33. The SMILES string of the molecule is COc1ccc(CC(NN)C2CC2)cn1. The lowest BCUT2D eigenvalue weighted by atomic mass is 10.0. The van der Waals surface area contributed by atoms with E-state index in [1.165, 1.54) is 18.4 Å². The van der Waals surface area contributed by atoms with Crippen LogP contribution in [0.15, 0.2) is 18.3 Å². The van der Waals surface area contributed by atoms with Crippen molar-refractivity contribution in [3.8, 4) is 5.88 Å². The summed E-state index contributed by atoms with van der Waals surface area (Å²) < 4.78 is 5.01. The summed E-state index contributed by atoms with van der Waals surface area (Å²) >= 11 is 0. The van der Waals surface area contributed by atoms with Gasteiger partial charge in [-0.2, -0.15) is 0 Å². The molecule has 0 spiro atoms. The summed E-state index contributed by atoms with van der Waals surface area (Å²) in [5.41, 5.74) is 4.08. The van der Waals surface area contributed by atoms with Gasteiger partial charge in [-0.15, -0.1) is 0 Å². The zero-order valence-electron chi connectivity index (χ0n) is 8.94. The molecule has 4 nitrogen and oxygen atoms in total. The van der Waals surface area contributed by atoms with Crippen LogP contribution < -0.4 is 16.0 Å². The molecule has 0 bridgehead atoms. The summed E-state index contributed by atoms with van der Waals surface area (Å²) in [5, 5.41) is 0. The third-order valence-electron chi connectivity index (χ3n) is 2.87. The van der Waals surface area contributed by atoms with Gasteiger partial charge < -0.3 is 4.74 Å². The molecule has 0 aromatic carbocycles. The van der Waals surface area contributed by atoms with Gasteiger partial charge in [0.15, 0.2) is 0 Å². The van der Waals surface area contributed by atoms with Gasteiger partial charge in [-0.05, 0) is 30.7 Å². The number of methoxy groups -OCH3 is 1. The predicted molar refractivity (Wildman–Crippen MR) is 58.3 cm³/mol. The molecule has 1 saturated carbocycles. The van der Waals surface area contributed by atoms with Crippen LogP contribution in [-0.4, -0.2) is 18.1 Å². The van der Waals surface area contributed by atoms with Gasteiger partial charge in [0, 0.05) is 18.3 Å². The second-order valence-electron chi connectivity index (χ2n) is 4.02. The van der Waals surface area contributed by atoms with Crippen molar-refractivity contribution >= 4 is 0 Å². The largest absolute Gasteiger partial charge is 0.481 e. The highest BCUT2D eigenvalue weighted by atomic mass is 16.5. The number of nitrogens with two attached hydrogens (primary N) is 1. The van der Waals surface area contributed by atoms with Crippen LogP contribution in [0.25, 0.3) is 0 Å². The molecule has 1 unspecified atom stereocenters. The van der Waals surface area contributed by atoms with Crippen LogP contribution in [0.3, 0.4) is 0 Å². The van der Waals surface area contributed by atoms with E-state index < -0.39 is 0 Å². The number of hydrogen-bond donors (Lipinski definition) is 2. The molecule has 4 heteroatoms. The fraction of sp³-hybridized carbons (Fsp3) is 0.545. The Balaban J connectivity index is 1.96. The Labute approximate surface area is 89.8 Å². The third kappa shape index (κ3) is 2.67. The van der Waals surface area contributed by atoms with Gasteiger partial charge in [-0.1, -0.05) is 6.07 Å². The van der Waals surface area contributed by atoms with Crippen LogP contribution in [0.4, 0.5) is 0 Å². The van der Waals surface area contributed by atoms with Crippen molar-refractivity contribution in [1.82, 2.24) is 10.4 Å². The molecule has 1 aliphatic rings. The Morgan fingerprint density at radius 2 is 2.40 bits per heavy atom. The molecule has 0 aliphatic heterocycles. The third-order valence-corrected chi connectivity index (χ3v) is 2.87. The van der Waals surface area contributed by atoms with Crippen molar-refractivity contribution in [2.24, 2.45) is 11.8 Å². The smallest absolute Gasteiger partial charge is 0.212 e. The molecule has 1 aliphatic carbocycles. The first-order valence-electron chi connectivity index (χ1n) is 5.28. The summed E-state index contributed by atoms with van der Waals surface area (Å²) in [6.45, 7) is 0. The molecule has 0 saturated heterocycles. The molecule has 1 fully saturated rings. The number of aromatic nitrogens is 1. The van der Waals surface area contributed by atoms with E-state index in [-0.39, 0.29) is 0 Å². The Hall–Kier alpha value is -1.13. The quantitative estimate of drug-likeness (QED) is 0.555. The monoisotopic (exact) mass is 207 g/mol. The number of pyridine rings is 1. The van der Waals surface area contributed by atoms with Crippen molar-refractivity contribution in [2.75, 3.05) is 7.11 Å². The standard InChI is InChI=1S/C11H17N3O/c1-15-11-5-2-8(7-13-11)6-10(14-12)9-3-4-9/h2,5,7,9-10,14H,3-4,6,12H2,1H3. The Kier molecular flexibility index (Phi) is 3.18. The lowest BCUT2D eigenvalue weighted by molar-refractivity contribution is 0.397. The van der Waals surface area contributed by atoms with E-state index in [1.807, 2.05) is 18.3 Å². The van der Waals surface area contributed by atoms with Crippen LogP contribution in [0.2, 0.25) is 0 Å². The Morgan fingerprint density at radius 1 is 1.60 bits per heavy atom. The molecule has 1 heterocycles. The van der Waals surface area contributed by atoms with Gasteiger partial charge in [-0.3, -0.25) is 11.3 Å². The average Bonchev–Trinajstić information content (AvgIpc) is 3.10. The Morgan fingerprint density at radius 3 is 2.87 bits per heavy atom. The first kappa shape index (κ1) is 10.4. The molecule has 1 aromatic rings. The van der Waals surface area contributed by atoms with Crippen molar-refractivity contribution in [3.63, 3.8) is 0 Å².